The molecule has 0 saturated carbocycles. The Morgan fingerprint density at radius 1 is 1.38 bits per heavy atom. The van der Waals surface area contributed by atoms with Crippen LogP contribution in [-0.2, 0) is 9.53 Å². The van der Waals surface area contributed by atoms with Gasteiger partial charge in [0.1, 0.15) is 0 Å². The van der Waals surface area contributed by atoms with Gasteiger partial charge in [-0.15, -0.1) is 0 Å². The van der Waals surface area contributed by atoms with E-state index in [1.54, 1.807) is 6.92 Å². The summed E-state index contributed by atoms with van der Waals surface area (Å²) in [7, 11) is 0. The summed E-state index contributed by atoms with van der Waals surface area (Å²) in [6, 6.07) is 0.617. The summed E-state index contributed by atoms with van der Waals surface area (Å²) in [5.74, 6) is 0.107. The third-order valence-corrected chi connectivity index (χ3v) is 2.84. The summed E-state index contributed by atoms with van der Waals surface area (Å²) in [5.41, 5.74) is 0.638. The second-order valence-electron chi connectivity index (χ2n) is 3.92. The first-order valence-corrected chi connectivity index (χ1v) is 4.76. The fourth-order valence-electron chi connectivity index (χ4n) is 2.18. The zero-order valence-electron chi connectivity index (χ0n) is 7.95. The fraction of sp³-hybridized carbons (Fsp3) is 0.700. The van der Waals surface area contributed by atoms with Crippen molar-refractivity contribution in [3.8, 4) is 0 Å². The standard InChI is InChI=1S/C10H15NO2/c1-7(2)10(12)11-8-3-4-9(11)6-13-5-8/h8-9H,1,3-6H2,2H3. The first-order valence-electron chi connectivity index (χ1n) is 4.76. The minimum Gasteiger partial charge on any atom is -0.377 e. The number of carbonyl (C=O) groups is 1. The normalized spacial score (nSPS) is 31.9. The molecule has 0 aromatic heterocycles. The Balaban J connectivity index is 2.15. The molecule has 0 aliphatic carbocycles. The van der Waals surface area contributed by atoms with Crippen molar-refractivity contribution >= 4 is 5.91 Å². The van der Waals surface area contributed by atoms with Crippen LogP contribution in [0.2, 0.25) is 0 Å². The van der Waals surface area contributed by atoms with Crippen molar-refractivity contribution in [1.82, 2.24) is 4.90 Å². The maximum atomic E-state index is 11.7. The molecule has 2 aliphatic rings. The van der Waals surface area contributed by atoms with Gasteiger partial charge < -0.3 is 9.64 Å². The molecule has 2 unspecified atom stereocenters. The molecule has 3 nitrogen and oxygen atoms in total. The van der Waals surface area contributed by atoms with Gasteiger partial charge in [0.05, 0.1) is 25.3 Å². The van der Waals surface area contributed by atoms with Gasteiger partial charge in [-0.05, 0) is 19.8 Å². The van der Waals surface area contributed by atoms with E-state index < -0.39 is 0 Å². The average Bonchev–Trinajstić information content (AvgIpc) is 2.34. The molecule has 72 valence electrons. The molecule has 0 N–H and O–H groups in total. The molecule has 2 fully saturated rings. The highest BCUT2D eigenvalue weighted by Crippen LogP contribution is 2.29. The summed E-state index contributed by atoms with van der Waals surface area (Å²) >= 11 is 0. The van der Waals surface area contributed by atoms with Crippen molar-refractivity contribution in [3.05, 3.63) is 12.2 Å². The number of ether oxygens (including phenoxy) is 1. The van der Waals surface area contributed by atoms with Crippen LogP contribution >= 0.6 is 0 Å². The summed E-state index contributed by atoms with van der Waals surface area (Å²) in [5, 5.41) is 0. The number of rotatable bonds is 1. The second kappa shape index (κ2) is 3.14. The van der Waals surface area contributed by atoms with E-state index in [4.69, 9.17) is 4.74 Å². The molecule has 2 atom stereocenters. The predicted octanol–water partition coefficient (Wildman–Crippen LogP) is 0.952. The Bertz CT molecular complexity index is 233. The van der Waals surface area contributed by atoms with Crippen LogP contribution in [0.5, 0.6) is 0 Å². The van der Waals surface area contributed by atoms with Crippen molar-refractivity contribution in [2.24, 2.45) is 0 Å². The van der Waals surface area contributed by atoms with Crippen LogP contribution in [-0.4, -0.2) is 36.1 Å². The first-order chi connectivity index (χ1) is 6.20. The Hall–Kier alpha value is -0.830. The van der Waals surface area contributed by atoms with Crippen LogP contribution in [0.1, 0.15) is 19.8 Å². The zero-order chi connectivity index (χ0) is 9.42. The molecular formula is C10H15NO2. The van der Waals surface area contributed by atoms with E-state index in [-0.39, 0.29) is 5.91 Å². The molecule has 0 aromatic rings. The SMILES string of the molecule is C=C(C)C(=O)N1C2CCC1COC2. The predicted molar refractivity (Wildman–Crippen MR) is 49.3 cm³/mol. The summed E-state index contributed by atoms with van der Waals surface area (Å²) in [4.78, 5) is 13.7. The number of nitrogens with zero attached hydrogens (tertiary/aromatic N) is 1. The van der Waals surface area contributed by atoms with Crippen molar-refractivity contribution in [1.29, 1.82) is 0 Å². The minimum atomic E-state index is 0.107. The van der Waals surface area contributed by atoms with Gasteiger partial charge in [-0.2, -0.15) is 0 Å². The number of hydrogen-bond acceptors (Lipinski definition) is 2. The van der Waals surface area contributed by atoms with Crippen molar-refractivity contribution in [2.75, 3.05) is 13.2 Å². The van der Waals surface area contributed by atoms with Gasteiger partial charge in [0, 0.05) is 5.57 Å². The largest absolute Gasteiger partial charge is 0.377 e. The van der Waals surface area contributed by atoms with E-state index in [2.05, 4.69) is 6.58 Å². The second-order valence-corrected chi connectivity index (χ2v) is 3.92. The van der Waals surface area contributed by atoms with Gasteiger partial charge in [0.25, 0.3) is 0 Å². The molecule has 0 spiro atoms. The molecule has 2 rings (SSSR count). The van der Waals surface area contributed by atoms with Crippen LogP contribution in [0.3, 0.4) is 0 Å². The zero-order valence-corrected chi connectivity index (χ0v) is 7.95. The van der Waals surface area contributed by atoms with Crippen LogP contribution in [0, 0.1) is 0 Å². The Labute approximate surface area is 78.4 Å². The topological polar surface area (TPSA) is 29.5 Å². The molecule has 3 heteroatoms. The van der Waals surface area contributed by atoms with E-state index in [1.165, 1.54) is 0 Å². The fourth-order valence-corrected chi connectivity index (χ4v) is 2.18. The minimum absolute atomic E-state index is 0.107. The van der Waals surface area contributed by atoms with Crippen LogP contribution in [0.15, 0.2) is 12.2 Å². The van der Waals surface area contributed by atoms with Crippen LogP contribution in [0.25, 0.3) is 0 Å². The van der Waals surface area contributed by atoms with Crippen molar-refractivity contribution in [2.45, 2.75) is 31.8 Å². The lowest BCUT2D eigenvalue weighted by Crippen LogP contribution is -2.49. The van der Waals surface area contributed by atoms with Crippen molar-refractivity contribution in [3.63, 3.8) is 0 Å². The van der Waals surface area contributed by atoms with Crippen LogP contribution in [0.4, 0.5) is 0 Å². The highest BCUT2D eigenvalue weighted by Gasteiger charge is 2.40. The molecule has 2 aliphatic heterocycles. The molecule has 0 aromatic carbocycles. The van der Waals surface area contributed by atoms with E-state index in [1.807, 2.05) is 4.90 Å². The lowest BCUT2D eigenvalue weighted by Gasteiger charge is -2.34. The van der Waals surface area contributed by atoms with E-state index in [9.17, 15) is 4.79 Å². The maximum Gasteiger partial charge on any atom is 0.249 e. The van der Waals surface area contributed by atoms with E-state index in [0.29, 0.717) is 30.9 Å². The van der Waals surface area contributed by atoms with E-state index in [0.717, 1.165) is 12.8 Å². The van der Waals surface area contributed by atoms with E-state index >= 15 is 0 Å². The smallest absolute Gasteiger partial charge is 0.249 e. The number of amides is 1. The molecule has 2 saturated heterocycles. The van der Waals surface area contributed by atoms with Gasteiger partial charge in [0.2, 0.25) is 5.91 Å². The molecular weight excluding hydrogens is 166 g/mol. The van der Waals surface area contributed by atoms with Gasteiger partial charge in [0.15, 0.2) is 0 Å². The number of hydrogen-bond donors (Lipinski definition) is 0. The highest BCUT2D eigenvalue weighted by atomic mass is 16.5. The van der Waals surface area contributed by atoms with Crippen LogP contribution < -0.4 is 0 Å². The van der Waals surface area contributed by atoms with Gasteiger partial charge in [-0.3, -0.25) is 4.79 Å². The van der Waals surface area contributed by atoms with Gasteiger partial charge in [-0.1, -0.05) is 6.58 Å². The Morgan fingerprint density at radius 3 is 2.38 bits per heavy atom. The summed E-state index contributed by atoms with van der Waals surface area (Å²) in [6.45, 7) is 6.88. The number of fused-ring (bicyclic) bond motifs is 2. The third-order valence-electron chi connectivity index (χ3n) is 2.84. The van der Waals surface area contributed by atoms with Gasteiger partial charge >= 0.3 is 0 Å². The Kier molecular flexibility index (Phi) is 2.12. The summed E-state index contributed by atoms with van der Waals surface area (Å²) < 4.78 is 5.39. The maximum absolute atomic E-state index is 11.7. The molecule has 1 amide bonds. The van der Waals surface area contributed by atoms with Gasteiger partial charge in [-0.25, -0.2) is 0 Å². The highest BCUT2D eigenvalue weighted by molar-refractivity contribution is 5.92. The summed E-state index contributed by atoms with van der Waals surface area (Å²) in [6.07, 6.45) is 2.17. The Morgan fingerprint density at radius 2 is 1.92 bits per heavy atom. The monoisotopic (exact) mass is 181 g/mol. The third kappa shape index (κ3) is 1.37. The molecule has 2 heterocycles. The molecule has 0 radical (unpaired) electrons. The van der Waals surface area contributed by atoms with Crippen molar-refractivity contribution < 1.29 is 9.53 Å². The number of carbonyl (C=O) groups excluding carboxylic acids is 1. The first kappa shape index (κ1) is 8.75. The lowest BCUT2D eigenvalue weighted by molar-refractivity contribution is -0.136. The average molecular weight is 181 g/mol. The number of morpholine rings is 1. The lowest BCUT2D eigenvalue weighted by atomic mass is 10.2. The molecule has 13 heavy (non-hydrogen) atoms. The molecule has 2 bridgehead atoms. The quantitative estimate of drug-likeness (QED) is 0.564.